The van der Waals surface area contributed by atoms with E-state index in [2.05, 4.69) is 20.3 Å². The molecule has 0 spiro atoms. The van der Waals surface area contributed by atoms with E-state index in [0.29, 0.717) is 47.4 Å². The standard InChI is InChI=1S/C23H20ClF3N6O3/c1-11(12-4-13(23(25,26)27)6-14(28)5-12)30-20-15-9-33(10-17(15)31-22(24)32-20)21(34)16-7-18-19(8-29-16)36-3-2-35-18/h4-8,11H,2-3,9-10,28H2,1H3,(H,30,31,32)/t11-/m1/s1. The van der Waals surface area contributed by atoms with Gasteiger partial charge in [-0.1, -0.05) is 0 Å². The maximum Gasteiger partial charge on any atom is 0.416 e. The van der Waals surface area contributed by atoms with Gasteiger partial charge in [0, 0.05) is 17.3 Å². The minimum absolute atomic E-state index is 0.0110. The topological polar surface area (TPSA) is 115 Å². The van der Waals surface area contributed by atoms with Crippen LogP contribution in [-0.2, 0) is 19.3 Å². The van der Waals surface area contributed by atoms with Crippen molar-refractivity contribution in [3.63, 3.8) is 0 Å². The molecule has 0 radical (unpaired) electrons. The second-order valence-corrected chi connectivity index (χ2v) is 8.73. The fraction of sp³-hybridized carbons (Fsp3) is 0.304. The highest BCUT2D eigenvalue weighted by Gasteiger charge is 2.33. The number of carbonyl (C=O) groups is 1. The van der Waals surface area contributed by atoms with Crippen LogP contribution in [0, 0.1) is 0 Å². The first-order valence-corrected chi connectivity index (χ1v) is 11.3. The molecule has 0 saturated carbocycles. The molecular weight excluding hydrogens is 501 g/mol. The molecule has 36 heavy (non-hydrogen) atoms. The Kier molecular flexibility index (Phi) is 5.99. The summed E-state index contributed by atoms with van der Waals surface area (Å²) in [6.07, 6.45) is -3.09. The van der Waals surface area contributed by atoms with Gasteiger partial charge in [-0.05, 0) is 42.3 Å². The Labute approximate surface area is 208 Å². The number of ether oxygens (including phenoxy) is 2. The number of rotatable bonds is 4. The SMILES string of the molecule is C[C@@H](Nc1nc(Cl)nc2c1CN(C(=O)c1cc3c(cn1)OCCO3)C2)c1cc(N)cc(C(F)(F)F)c1. The van der Waals surface area contributed by atoms with Gasteiger partial charge in [-0.3, -0.25) is 4.79 Å². The third kappa shape index (κ3) is 4.68. The first-order chi connectivity index (χ1) is 17.1. The minimum atomic E-state index is -4.54. The number of anilines is 2. The highest BCUT2D eigenvalue weighted by Crippen LogP contribution is 2.36. The van der Waals surface area contributed by atoms with Gasteiger partial charge in [-0.2, -0.15) is 13.2 Å². The summed E-state index contributed by atoms with van der Waals surface area (Å²) in [4.78, 5) is 27.3. The van der Waals surface area contributed by atoms with E-state index in [1.165, 1.54) is 23.2 Å². The number of amides is 1. The Bertz CT molecular complexity index is 1350. The first kappa shape index (κ1) is 23.9. The lowest BCUT2D eigenvalue weighted by molar-refractivity contribution is -0.137. The molecule has 5 rings (SSSR count). The highest BCUT2D eigenvalue weighted by molar-refractivity contribution is 6.28. The number of nitrogens with zero attached hydrogens (tertiary/aromatic N) is 4. The van der Waals surface area contributed by atoms with Gasteiger partial charge >= 0.3 is 6.18 Å². The van der Waals surface area contributed by atoms with Gasteiger partial charge in [0.2, 0.25) is 5.28 Å². The average molecular weight is 521 g/mol. The van der Waals surface area contributed by atoms with E-state index in [4.69, 9.17) is 26.8 Å². The zero-order valence-electron chi connectivity index (χ0n) is 18.9. The van der Waals surface area contributed by atoms with E-state index < -0.39 is 17.8 Å². The van der Waals surface area contributed by atoms with Crippen LogP contribution in [0.5, 0.6) is 11.5 Å². The number of pyridine rings is 1. The van der Waals surface area contributed by atoms with Gasteiger partial charge < -0.3 is 25.4 Å². The maximum atomic E-state index is 13.3. The summed E-state index contributed by atoms with van der Waals surface area (Å²) in [6, 6.07) is 4.29. The van der Waals surface area contributed by atoms with Gasteiger partial charge in [0.1, 0.15) is 24.7 Å². The number of nitrogen functional groups attached to an aromatic ring is 1. The fourth-order valence-electron chi connectivity index (χ4n) is 4.09. The lowest BCUT2D eigenvalue weighted by Gasteiger charge is -2.20. The van der Waals surface area contributed by atoms with Crippen LogP contribution in [0.1, 0.15) is 45.8 Å². The molecule has 0 saturated heterocycles. The van der Waals surface area contributed by atoms with Crippen LogP contribution in [0.4, 0.5) is 24.7 Å². The monoisotopic (exact) mass is 520 g/mol. The number of halogens is 4. The van der Waals surface area contributed by atoms with Crippen molar-refractivity contribution in [1.82, 2.24) is 19.9 Å². The van der Waals surface area contributed by atoms with E-state index >= 15 is 0 Å². The van der Waals surface area contributed by atoms with Crippen molar-refractivity contribution in [3.05, 3.63) is 63.8 Å². The summed E-state index contributed by atoms with van der Waals surface area (Å²) < 4.78 is 50.7. The molecule has 3 aromatic rings. The van der Waals surface area contributed by atoms with Crippen LogP contribution < -0.4 is 20.5 Å². The Balaban J connectivity index is 1.38. The van der Waals surface area contributed by atoms with Gasteiger partial charge in [-0.15, -0.1) is 0 Å². The summed E-state index contributed by atoms with van der Waals surface area (Å²) in [7, 11) is 0. The molecule has 9 nitrogen and oxygen atoms in total. The molecule has 0 bridgehead atoms. The quantitative estimate of drug-likeness (QED) is 0.388. The molecule has 4 heterocycles. The lowest BCUT2D eigenvalue weighted by Crippen LogP contribution is -2.27. The third-order valence-electron chi connectivity index (χ3n) is 5.85. The molecule has 3 N–H and O–H groups in total. The number of hydrogen-bond acceptors (Lipinski definition) is 8. The van der Waals surface area contributed by atoms with Gasteiger partial charge in [0.25, 0.3) is 5.91 Å². The zero-order valence-corrected chi connectivity index (χ0v) is 19.7. The molecule has 1 amide bonds. The van der Waals surface area contributed by atoms with Crippen LogP contribution in [0.15, 0.2) is 30.5 Å². The maximum absolute atomic E-state index is 13.3. The van der Waals surface area contributed by atoms with E-state index in [1.54, 1.807) is 6.92 Å². The predicted molar refractivity (Wildman–Crippen MR) is 124 cm³/mol. The molecule has 0 fully saturated rings. The number of fused-ring (bicyclic) bond motifs is 2. The Morgan fingerprint density at radius 3 is 2.64 bits per heavy atom. The highest BCUT2D eigenvalue weighted by atomic mass is 35.5. The fourth-order valence-corrected chi connectivity index (χ4v) is 4.28. The third-order valence-corrected chi connectivity index (χ3v) is 6.02. The number of hydrogen-bond donors (Lipinski definition) is 2. The smallest absolute Gasteiger partial charge is 0.416 e. The molecule has 0 unspecified atom stereocenters. The number of aromatic nitrogens is 3. The van der Waals surface area contributed by atoms with Gasteiger partial charge in [0.15, 0.2) is 11.5 Å². The number of benzene rings is 1. The number of carbonyl (C=O) groups excluding carboxylic acids is 1. The van der Waals surface area contributed by atoms with Crippen LogP contribution in [-0.4, -0.2) is 39.0 Å². The minimum Gasteiger partial charge on any atom is -0.486 e. The summed E-state index contributed by atoms with van der Waals surface area (Å²) in [6.45, 7) is 2.77. The van der Waals surface area contributed by atoms with Crippen molar-refractivity contribution >= 4 is 29.0 Å². The van der Waals surface area contributed by atoms with E-state index in [0.717, 1.165) is 12.1 Å². The lowest BCUT2D eigenvalue weighted by atomic mass is 10.0. The normalized spacial score (nSPS) is 15.4. The van der Waals surface area contributed by atoms with Crippen LogP contribution in [0.2, 0.25) is 5.28 Å². The van der Waals surface area contributed by atoms with Crippen LogP contribution >= 0.6 is 11.6 Å². The molecule has 13 heteroatoms. The van der Waals surface area contributed by atoms with Crippen molar-refractivity contribution in [2.45, 2.75) is 32.2 Å². The molecule has 1 aromatic carbocycles. The number of alkyl halides is 3. The van der Waals surface area contributed by atoms with E-state index in [-0.39, 0.29) is 35.7 Å². The van der Waals surface area contributed by atoms with Gasteiger partial charge in [-0.25, -0.2) is 15.0 Å². The van der Waals surface area contributed by atoms with Crippen molar-refractivity contribution in [3.8, 4) is 11.5 Å². The van der Waals surface area contributed by atoms with Crippen molar-refractivity contribution in [1.29, 1.82) is 0 Å². The number of nitrogens with one attached hydrogen (secondary N) is 1. The molecule has 2 aliphatic rings. The van der Waals surface area contributed by atoms with Crippen LogP contribution in [0.3, 0.4) is 0 Å². The Hall–Kier alpha value is -3.80. The molecule has 188 valence electrons. The summed E-state index contributed by atoms with van der Waals surface area (Å²) in [5, 5.41) is 3.04. The second-order valence-electron chi connectivity index (χ2n) is 8.39. The largest absolute Gasteiger partial charge is 0.486 e. The predicted octanol–water partition coefficient (Wildman–Crippen LogP) is 4.23. The zero-order chi connectivity index (χ0) is 25.6. The van der Waals surface area contributed by atoms with Gasteiger partial charge in [0.05, 0.1) is 36.6 Å². The average Bonchev–Trinajstić information content (AvgIpc) is 3.26. The van der Waals surface area contributed by atoms with Crippen molar-refractivity contribution < 1.29 is 27.4 Å². The van der Waals surface area contributed by atoms with E-state index in [1.807, 2.05) is 0 Å². The second kappa shape index (κ2) is 9.01. The summed E-state index contributed by atoms with van der Waals surface area (Å²) in [5.74, 6) is 0.871. The Morgan fingerprint density at radius 2 is 1.89 bits per heavy atom. The molecule has 1 atom stereocenters. The van der Waals surface area contributed by atoms with Crippen molar-refractivity contribution in [2.75, 3.05) is 24.3 Å². The number of nitrogens with two attached hydrogens (primary N) is 1. The molecule has 0 aliphatic carbocycles. The molecule has 2 aromatic heterocycles. The molecule has 2 aliphatic heterocycles. The summed E-state index contributed by atoms with van der Waals surface area (Å²) >= 11 is 6.11. The Morgan fingerprint density at radius 1 is 1.14 bits per heavy atom. The van der Waals surface area contributed by atoms with Crippen LogP contribution in [0.25, 0.3) is 0 Å². The molecular formula is C23H20ClF3N6O3. The summed E-state index contributed by atoms with van der Waals surface area (Å²) in [5.41, 5.74) is 6.48. The van der Waals surface area contributed by atoms with Crippen molar-refractivity contribution in [2.24, 2.45) is 0 Å². The van der Waals surface area contributed by atoms with E-state index in [9.17, 15) is 18.0 Å². The first-order valence-electron chi connectivity index (χ1n) is 10.9.